The van der Waals surface area contributed by atoms with Gasteiger partial charge in [-0.2, -0.15) is 0 Å². The first-order valence-electron chi connectivity index (χ1n) is 7.34. The van der Waals surface area contributed by atoms with Gasteiger partial charge >= 0.3 is 0 Å². The van der Waals surface area contributed by atoms with E-state index in [1.807, 2.05) is 73.2 Å². The number of hydrogen-bond donors (Lipinski definition) is 1. The lowest BCUT2D eigenvalue weighted by Crippen LogP contribution is -2.16. The molecule has 1 aromatic heterocycles. The Kier molecular flexibility index (Phi) is 4.43. The Morgan fingerprint density at radius 2 is 1.61 bits per heavy atom. The van der Waals surface area contributed by atoms with E-state index in [9.17, 15) is 4.79 Å². The van der Waals surface area contributed by atoms with Crippen LogP contribution in [0.15, 0.2) is 66.7 Å². The summed E-state index contributed by atoms with van der Waals surface area (Å²) < 4.78 is 0. The zero-order valence-corrected chi connectivity index (χ0v) is 12.5. The van der Waals surface area contributed by atoms with Crippen LogP contribution in [-0.2, 0) is 6.42 Å². The molecule has 113 valence electrons. The lowest BCUT2D eigenvalue weighted by atomic mass is 10.1. The number of nitrogens with two attached hydrogens (primary N) is 1. The molecule has 3 rings (SSSR count). The Labute approximate surface area is 135 Å². The number of primary amides is 1. The summed E-state index contributed by atoms with van der Waals surface area (Å²) in [6, 6.07) is 21.6. The number of carbonyl (C=O) groups excluding carboxylic acids is 1. The molecule has 0 fully saturated rings. The van der Waals surface area contributed by atoms with Crippen LogP contribution in [-0.4, -0.2) is 15.9 Å². The van der Waals surface area contributed by atoms with Gasteiger partial charge in [0, 0.05) is 17.7 Å². The second-order valence-corrected chi connectivity index (χ2v) is 5.13. The first-order chi connectivity index (χ1) is 11.2. The summed E-state index contributed by atoms with van der Waals surface area (Å²) in [4.78, 5) is 20.0. The van der Waals surface area contributed by atoms with E-state index in [-0.39, 0.29) is 5.82 Å². The van der Waals surface area contributed by atoms with Gasteiger partial charge in [-0.05, 0) is 18.1 Å². The van der Waals surface area contributed by atoms with Crippen LogP contribution in [0, 0.1) is 6.42 Å². The van der Waals surface area contributed by atoms with Crippen molar-refractivity contribution >= 4 is 5.91 Å². The van der Waals surface area contributed by atoms with Crippen molar-refractivity contribution in [1.29, 1.82) is 0 Å². The van der Waals surface area contributed by atoms with E-state index in [1.54, 1.807) is 0 Å². The molecule has 3 aromatic rings. The highest BCUT2D eigenvalue weighted by atomic mass is 16.1. The topological polar surface area (TPSA) is 68.9 Å². The Balaban J connectivity index is 1.90. The minimum Gasteiger partial charge on any atom is -0.363 e. The standard InChI is InChI=1S/C19H16N3O/c20-18(23)19-21-16(12-11-14-7-3-1-4-8-14)13-17(22-19)15-9-5-2-6-10-15/h1-10,12-13H,11H2,(H2,20,23). The first-order valence-corrected chi connectivity index (χ1v) is 7.34. The van der Waals surface area contributed by atoms with Gasteiger partial charge in [-0.3, -0.25) is 4.79 Å². The second-order valence-electron chi connectivity index (χ2n) is 5.13. The predicted molar refractivity (Wildman–Crippen MR) is 89.5 cm³/mol. The molecule has 0 bridgehead atoms. The van der Waals surface area contributed by atoms with Crippen LogP contribution in [0.5, 0.6) is 0 Å². The third-order valence-corrected chi connectivity index (χ3v) is 3.43. The third kappa shape index (κ3) is 3.80. The summed E-state index contributed by atoms with van der Waals surface area (Å²) in [5.74, 6) is -0.595. The maximum absolute atomic E-state index is 11.5. The summed E-state index contributed by atoms with van der Waals surface area (Å²) in [5.41, 5.74) is 8.84. The molecule has 2 N–H and O–H groups in total. The Morgan fingerprint density at radius 3 is 2.26 bits per heavy atom. The molecule has 0 aliphatic heterocycles. The van der Waals surface area contributed by atoms with Crippen LogP contribution < -0.4 is 5.73 Å². The summed E-state index contributed by atoms with van der Waals surface area (Å²) in [7, 11) is 0. The molecule has 0 saturated carbocycles. The Bertz CT molecular complexity index is 801. The highest BCUT2D eigenvalue weighted by Gasteiger charge is 2.11. The van der Waals surface area contributed by atoms with Crippen molar-refractivity contribution in [3.63, 3.8) is 0 Å². The van der Waals surface area contributed by atoms with E-state index in [1.165, 1.54) is 5.56 Å². The van der Waals surface area contributed by atoms with Gasteiger partial charge in [-0.25, -0.2) is 9.97 Å². The molecule has 1 heterocycles. The molecule has 0 aliphatic rings. The van der Waals surface area contributed by atoms with Gasteiger partial charge in [-0.15, -0.1) is 0 Å². The molecular formula is C19H16N3O. The van der Waals surface area contributed by atoms with E-state index in [0.29, 0.717) is 11.4 Å². The molecular weight excluding hydrogens is 286 g/mol. The summed E-state index contributed by atoms with van der Waals surface area (Å²) >= 11 is 0. The van der Waals surface area contributed by atoms with Crippen molar-refractivity contribution in [2.45, 2.75) is 6.42 Å². The molecule has 0 atom stereocenters. The summed E-state index contributed by atoms with van der Waals surface area (Å²) in [6.07, 6.45) is 2.69. The first kappa shape index (κ1) is 14.9. The Hall–Kier alpha value is -3.01. The second kappa shape index (κ2) is 6.83. The predicted octanol–water partition coefficient (Wildman–Crippen LogP) is 3.04. The van der Waals surface area contributed by atoms with Crippen LogP contribution in [0.1, 0.15) is 21.9 Å². The number of benzene rings is 2. The normalized spacial score (nSPS) is 10.4. The number of hydrogen-bond acceptors (Lipinski definition) is 3. The average molecular weight is 302 g/mol. The quantitative estimate of drug-likeness (QED) is 0.787. The molecule has 4 heteroatoms. The van der Waals surface area contributed by atoms with Gasteiger partial charge in [0.25, 0.3) is 5.91 Å². The fourth-order valence-electron chi connectivity index (χ4n) is 2.27. The largest absolute Gasteiger partial charge is 0.363 e. The van der Waals surface area contributed by atoms with Crippen molar-refractivity contribution in [2.24, 2.45) is 5.73 Å². The number of nitrogens with zero attached hydrogens (tertiary/aromatic N) is 2. The SMILES string of the molecule is NC(=O)c1nc([CH]Cc2ccccc2)cc(-c2ccccc2)n1. The van der Waals surface area contributed by atoms with Crippen LogP contribution in [0.4, 0.5) is 0 Å². The molecule has 0 spiro atoms. The van der Waals surface area contributed by atoms with Gasteiger partial charge in [0.15, 0.2) is 0 Å². The van der Waals surface area contributed by atoms with Gasteiger partial charge in [0.2, 0.25) is 5.82 Å². The summed E-state index contributed by atoms with van der Waals surface area (Å²) in [6.45, 7) is 0. The maximum atomic E-state index is 11.5. The lowest BCUT2D eigenvalue weighted by molar-refractivity contribution is 0.0990. The summed E-state index contributed by atoms with van der Waals surface area (Å²) in [5, 5.41) is 0. The van der Waals surface area contributed by atoms with Gasteiger partial charge in [-0.1, -0.05) is 60.7 Å². The van der Waals surface area contributed by atoms with E-state index >= 15 is 0 Å². The van der Waals surface area contributed by atoms with E-state index in [0.717, 1.165) is 12.0 Å². The molecule has 1 amide bonds. The monoisotopic (exact) mass is 302 g/mol. The lowest BCUT2D eigenvalue weighted by Gasteiger charge is -2.07. The van der Waals surface area contributed by atoms with Crippen LogP contribution >= 0.6 is 0 Å². The highest BCUT2D eigenvalue weighted by Crippen LogP contribution is 2.19. The van der Waals surface area contributed by atoms with Crippen molar-refractivity contribution < 1.29 is 4.79 Å². The van der Waals surface area contributed by atoms with Crippen molar-refractivity contribution in [2.75, 3.05) is 0 Å². The average Bonchev–Trinajstić information content (AvgIpc) is 2.61. The highest BCUT2D eigenvalue weighted by molar-refractivity contribution is 5.89. The van der Waals surface area contributed by atoms with Crippen LogP contribution in [0.2, 0.25) is 0 Å². The number of amides is 1. The van der Waals surface area contributed by atoms with Crippen molar-refractivity contribution in [1.82, 2.24) is 9.97 Å². The molecule has 0 unspecified atom stereocenters. The molecule has 0 saturated heterocycles. The third-order valence-electron chi connectivity index (χ3n) is 3.43. The minimum absolute atomic E-state index is 0.0330. The molecule has 4 nitrogen and oxygen atoms in total. The van der Waals surface area contributed by atoms with Crippen LogP contribution in [0.3, 0.4) is 0 Å². The fraction of sp³-hybridized carbons (Fsp3) is 0.0526. The van der Waals surface area contributed by atoms with E-state index < -0.39 is 5.91 Å². The van der Waals surface area contributed by atoms with Gasteiger partial charge < -0.3 is 5.73 Å². The number of rotatable bonds is 5. The van der Waals surface area contributed by atoms with E-state index in [2.05, 4.69) is 9.97 Å². The van der Waals surface area contributed by atoms with Crippen molar-refractivity contribution in [3.05, 3.63) is 90.2 Å². The molecule has 1 radical (unpaired) electrons. The zero-order valence-electron chi connectivity index (χ0n) is 12.5. The molecule has 2 aromatic carbocycles. The van der Waals surface area contributed by atoms with Gasteiger partial charge in [0.1, 0.15) is 0 Å². The molecule has 23 heavy (non-hydrogen) atoms. The van der Waals surface area contributed by atoms with Crippen LogP contribution in [0.25, 0.3) is 11.3 Å². The fourth-order valence-corrected chi connectivity index (χ4v) is 2.27. The maximum Gasteiger partial charge on any atom is 0.286 e. The smallest absolute Gasteiger partial charge is 0.286 e. The zero-order chi connectivity index (χ0) is 16.1. The van der Waals surface area contributed by atoms with Crippen molar-refractivity contribution in [3.8, 4) is 11.3 Å². The minimum atomic E-state index is -0.628. The Morgan fingerprint density at radius 1 is 0.957 bits per heavy atom. The van der Waals surface area contributed by atoms with Gasteiger partial charge in [0.05, 0.1) is 5.69 Å². The molecule has 0 aliphatic carbocycles. The van der Waals surface area contributed by atoms with E-state index in [4.69, 9.17) is 5.73 Å². The number of aromatic nitrogens is 2. The number of carbonyl (C=O) groups is 1.